The molecule has 5 rings (SSSR count). The number of aryl methyl sites for hydroxylation is 1. The zero-order valence-corrected chi connectivity index (χ0v) is 18.8. The summed E-state index contributed by atoms with van der Waals surface area (Å²) in [6.07, 6.45) is 3.60. The van der Waals surface area contributed by atoms with Crippen LogP contribution >= 0.6 is 0 Å². The normalized spacial score (nSPS) is 18.0. The number of benzene rings is 2. The van der Waals surface area contributed by atoms with Crippen LogP contribution in [0.2, 0.25) is 0 Å². The maximum absolute atomic E-state index is 13.7. The zero-order chi connectivity index (χ0) is 22.1. The van der Waals surface area contributed by atoms with Gasteiger partial charge in [-0.2, -0.15) is 0 Å². The molecule has 166 valence electrons. The monoisotopic (exact) mass is 429 g/mol. The van der Waals surface area contributed by atoms with Gasteiger partial charge in [-0.05, 0) is 37.8 Å². The van der Waals surface area contributed by atoms with Crippen LogP contribution in [-0.2, 0) is 11.3 Å². The molecule has 0 saturated carbocycles. The van der Waals surface area contributed by atoms with E-state index >= 15 is 0 Å². The van der Waals surface area contributed by atoms with Crippen LogP contribution in [0.5, 0.6) is 0 Å². The lowest BCUT2D eigenvalue weighted by Gasteiger charge is -2.36. The molecule has 5 nitrogen and oxygen atoms in total. The van der Waals surface area contributed by atoms with Crippen molar-refractivity contribution in [3.8, 4) is 11.3 Å². The number of carbonyl (C=O) groups is 2. The van der Waals surface area contributed by atoms with Gasteiger partial charge in [0.25, 0.3) is 0 Å². The number of ketones is 1. The molecule has 2 saturated heterocycles. The molecular weight excluding hydrogens is 398 g/mol. The third kappa shape index (κ3) is 3.75. The second-order valence-electron chi connectivity index (χ2n) is 8.97. The molecule has 0 atom stereocenters. The number of amides is 1. The molecule has 0 radical (unpaired) electrons. The SMILES string of the molecule is CCn1c(-c2ccccc2)c(C(=O)CN2CCC(N3CCCC3=O)CC2)c2ccccc21. The maximum atomic E-state index is 13.7. The van der Waals surface area contributed by atoms with Crippen molar-refractivity contribution in [2.45, 2.75) is 45.2 Å². The number of nitrogens with zero attached hydrogens (tertiary/aromatic N) is 3. The van der Waals surface area contributed by atoms with Crippen molar-refractivity contribution in [3.05, 3.63) is 60.2 Å². The summed E-state index contributed by atoms with van der Waals surface area (Å²) in [5, 5.41) is 1.04. The number of hydrogen-bond donors (Lipinski definition) is 0. The molecular formula is C27H31N3O2. The quantitative estimate of drug-likeness (QED) is 0.538. The van der Waals surface area contributed by atoms with Crippen LogP contribution in [0.25, 0.3) is 22.2 Å². The van der Waals surface area contributed by atoms with E-state index in [1.54, 1.807) is 0 Å². The van der Waals surface area contributed by atoms with Crippen LogP contribution in [0.4, 0.5) is 0 Å². The van der Waals surface area contributed by atoms with Crippen LogP contribution in [0.15, 0.2) is 54.6 Å². The fraction of sp³-hybridized carbons (Fsp3) is 0.407. The van der Waals surface area contributed by atoms with Crippen molar-refractivity contribution in [1.82, 2.24) is 14.4 Å². The first-order valence-corrected chi connectivity index (χ1v) is 11.9. The van der Waals surface area contributed by atoms with Gasteiger partial charge in [0.05, 0.1) is 17.8 Å². The van der Waals surface area contributed by atoms with E-state index in [0.717, 1.165) is 73.2 Å². The molecule has 2 fully saturated rings. The van der Waals surface area contributed by atoms with E-state index in [0.29, 0.717) is 24.9 Å². The van der Waals surface area contributed by atoms with E-state index in [1.165, 1.54) is 0 Å². The number of para-hydroxylation sites is 1. The predicted molar refractivity (Wildman–Crippen MR) is 128 cm³/mol. The molecule has 5 heteroatoms. The van der Waals surface area contributed by atoms with E-state index in [-0.39, 0.29) is 5.78 Å². The van der Waals surface area contributed by atoms with Gasteiger partial charge in [0.15, 0.2) is 5.78 Å². The predicted octanol–water partition coefficient (Wildman–Crippen LogP) is 4.60. The van der Waals surface area contributed by atoms with Gasteiger partial charge in [-0.25, -0.2) is 0 Å². The number of hydrogen-bond acceptors (Lipinski definition) is 3. The molecule has 32 heavy (non-hydrogen) atoms. The van der Waals surface area contributed by atoms with Crippen molar-refractivity contribution in [2.75, 3.05) is 26.2 Å². The molecule has 2 aliphatic heterocycles. The van der Waals surface area contributed by atoms with Crippen LogP contribution in [0, 0.1) is 0 Å². The van der Waals surface area contributed by atoms with Crippen molar-refractivity contribution in [2.24, 2.45) is 0 Å². The Labute approximate surface area is 189 Å². The zero-order valence-electron chi connectivity index (χ0n) is 18.8. The molecule has 3 aromatic rings. The van der Waals surface area contributed by atoms with Gasteiger partial charge in [-0.1, -0.05) is 48.5 Å². The van der Waals surface area contributed by atoms with Crippen LogP contribution < -0.4 is 0 Å². The number of aromatic nitrogens is 1. The lowest BCUT2D eigenvalue weighted by Crippen LogP contribution is -2.46. The minimum atomic E-state index is 0.183. The van der Waals surface area contributed by atoms with E-state index in [1.807, 2.05) is 30.3 Å². The fourth-order valence-corrected chi connectivity index (χ4v) is 5.54. The Balaban J connectivity index is 1.41. The highest BCUT2D eigenvalue weighted by Gasteiger charge is 2.32. The van der Waals surface area contributed by atoms with Crippen molar-refractivity contribution >= 4 is 22.6 Å². The Bertz CT molecular complexity index is 1130. The minimum absolute atomic E-state index is 0.183. The van der Waals surface area contributed by atoms with Gasteiger partial charge in [0.1, 0.15) is 0 Å². The molecule has 0 aliphatic carbocycles. The Hall–Kier alpha value is -2.92. The van der Waals surface area contributed by atoms with E-state index in [4.69, 9.17) is 0 Å². The molecule has 2 aliphatic rings. The average Bonchev–Trinajstić information content (AvgIpc) is 3.41. The number of Topliss-reactive ketones (excluding diaryl/α,β-unsaturated/α-hetero) is 1. The number of fused-ring (bicyclic) bond motifs is 1. The molecule has 3 heterocycles. The third-order valence-electron chi connectivity index (χ3n) is 7.09. The first-order valence-electron chi connectivity index (χ1n) is 11.9. The smallest absolute Gasteiger partial charge is 0.222 e. The summed E-state index contributed by atoms with van der Waals surface area (Å²) >= 11 is 0. The summed E-state index contributed by atoms with van der Waals surface area (Å²) in [5.74, 6) is 0.488. The van der Waals surface area contributed by atoms with Crippen molar-refractivity contribution in [1.29, 1.82) is 0 Å². The van der Waals surface area contributed by atoms with Crippen molar-refractivity contribution in [3.63, 3.8) is 0 Å². The van der Waals surface area contributed by atoms with E-state index in [2.05, 4.69) is 45.6 Å². The second-order valence-corrected chi connectivity index (χ2v) is 8.97. The van der Waals surface area contributed by atoms with E-state index in [9.17, 15) is 9.59 Å². The number of rotatable bonds is 6. The van der Waals surface area contributed by atoms with Crippen LogP contribution in [-0.4, -0.2) is 58.3 Å². The maximum Gasteiger partial charge on any atom is 0.222 e. The average molecular weight is 430 g/mol. The molecule has 2 aromatic carbocycles. The topological polar surface area (TPSA) is 45.6 Å². The minimum Gasteiger partial charge on any atom is -0.340 e. The second kappa shape index (κ2) is 8.91. The summed E-state index contributed by atoms with van der Waals surface area (Å²) in [7, 11) is 0. The first-order chi connectivity index (χ1) is 15.7. The lowest BCUT2D eigenvalue weighted by atomic mass is 9.99. The molecule has 1 amide bonds. The summed E-state index contributed by atoms with van der Waals surface area (Å²) in [6, 6.07) is 18.9. The fourth-order valence-electron chi connectivity index (χ4n) is 5.54. The number of piperidine rings is 1. The Kier molecular flexibility index (Phi) is 5.83. The third-order valence-corrected chi connectivity index (χ3v) is 7.09. The molecule has 0 spiro atoms. The molecule has 0 unspecified atom stereocenters. The van der Waals surface area contributed by atoms with Gasteiger partial charge >= 0.3 is 0 Å². The number of carbonyl (C=O) groups excluding carboxylic acids is 2. The van der Waals surface area contributed by atoms with Crippen molar-refractivity contribution < 1.29 is 9.59 Å². The van der Waals surface area contributed by atoms with Gasteiger partial charge in [0.2, 0.25) is 5.91 Å². The highest BCUT2D eigenvalue weighted by Crippen LogP contribution is 2.34. The van der Waals surface area contributed by atoms with Crippen LogP contribution in [0.3, 0.4) is 0 Å². The lowest BCUT2D eigenvalue weighted by molar-refractivity contribution is -0.130. The molecule has 0 bridgehead atoms. The summed E-state index contributed by atoms with van der Waals surface area (Å²) < 4.78 is 2.27. The Morgan fingerprint density at radius 2 is 1.69 bits per heavy atom. The van der Waals surface area contributed by atoms with E-state index < -0.39 is 0 Å². The molecule has 1 aromatic heterocycles. The summed E-state index contributed by atoms with van der Waals surface area (Å²) in [4.78, 5) is 30.2. The molecule has 0 N–H and O–H groups in total. The van der Waals surface area contributed by atoms with Gasteiger partial charge < -0.3 is 9.47 Å². The summed E-state index contributed by atoms with van der Waals surface area (Å²) in [6.45, 7) is 6.02. The Morgan fingerprint density at radius 3 is 2.38 bits per heavy atom. The summed E-state index contributed by atoms with van der Waals surface area (Å²) in [5.41, 5.74) is 4.06. The van der Waals surface area contributed by atoms with Gasteiger partial charge in [-0.3, -0.25) is 14.5 Å². The van der Waals surface area contributed by atoms with Gasteiger partial charge in [-0.15, -0.1) is 0 Å². The van der Waals surface area contributed by atoms with Gasteiger partial charge in [0, 0.05) is 49.5 Å². The first kappa shape index (κ1) is 21.0. The Morgan fingerprint density at radius 1 is 0.969 bits per heavy atom. The highest BCUT2D eigenvalue weighted by atomic mass is 16.2. The number of likely N-dealkylation sites (tertiary alicyclic amines) is 2. The standard InChI is InChI=1S/C27H31N3O2/c1-2-29-23-12-7-6-11-22(23)26(27(29)20-9-4-3-5-10-20)24(31)19-28-17-14-21(15-18-28)30-16-8-13-25(30)32/h3-7,9-12,21H,2,8,13-19H2,1H3. The highest BCUT2D eigenvalue weighted by molar-refractivity contribution is 6.14. The van der Waals surface area contributed by atoms with Crippen LogP contribution in [0.1, 0.15) is 43.0 Å². The largest absolute Gasteiger partial charge is 0.340 e.